The van der Waals surface area contributed by atoms with E-state index in [9.17, 15) is 9.59 Å². The van der Waals surface area contributed by atoms with Gasteiger partial charge in [-0.1, -0.05) is 0 Å². The van der Waals surface area contributed by atoms with Crippen molar-refractivity contribution in [1.82, 2.24) is 0 Å². The maximum atomic E-state index is 11.2. The molecule has 0 radical (unpaired) electrons. The number of carbonyl (C=O) groups is 2. The molecule has 0 spiro atoms. The first-order chi connectivity index (χ1) is 5.70. The van der Waals surface area contributed by atoms with Crippen LogP contribution in [-0.4, -0.2) is 11.6 Å². The summed E-state index contributed by atoms with van der Waals surface area (Å²) in [6, 6.07) is 1.60. The molecule has 0 saturated heterocycles. The van der Waals surface area contributed by atoms with Gasteiger partial charge in [-0.25, -0.2) is 0 Å². The maximum Gasteiger partial charge on any atom is 0.166 e. The van der Waals surface area contributed by atoms with E-state index in [1.807, 2.05) is 0 Å². The first-order valence-corrected chi connectivity index (χ1v) is 3.75. The molecule has 0 bridgehead atoms. The fraction of sp³-hybridized carbons (Fsp3) is 0.333. The highest BCUT2D eigenvalue weighted by molar-refractivity contribution is 5.97. The monoisotopic (exact) mass is 166 g/mol. The molecule has 1 heterocycles. The van der Waals surface area contributed by atoms with E-state index < -0.39 is 0 Å². The molecule has 0 fully saturated rings. The van der Waals surface area contributed by atoms with E-state index in [1.165, 1.54) is 19.5 Å². The van der Waals surface area contributed by atoms with Gasteiger partial charge >= 0.3 is 0 Å². The van der Waals surface area contributed by atoms with Gasteiger partial charge in [0, 0.05) is 12.8 Å². The third-order valence-corrected chi connectivity index (χ3v) is 1.55. The van der Waals surface area contributed by atoms with Crippen LogP contribution in [0.4, 0.5) is 0 Å². The van der Waals surface area contributed by atoms with Gasteiger partial charge in [0.2, 0.25) is 0 Å². The van der Waals surface area contributed by atoms with Gasteiger partial charge in [0.25, 0.3) is 0 Å². The Labute approximate surface area is 70.4 Å². The molecule has 0 unspecified atom stereocenters. The summed E-state index contributed by atoms with van der Waals surface area (Å²) in [5.41, 5.74) is 0.538. The molecular weight excluding hydrogens is 156 g/mol. The Balaban J connectivity index is 2.45. The van der Waals surface area contributed by atoms with Crippen LogP contribution >= 0.6 is 0 Å². The molecule has 1 aromatic heterocycles. The molecule has 0 saturated carbocycles. The number of furan rings is 1. The third-order valence-electron chi connectivity index (χ3n) is 1.55. The van der Waals surface area contributed by atoms with Gasteiger partial charge in [-0.15, -0.1) is 0 Å². The van der Waals surface area contributed by atoms with Crippen LogP contribution in [0.5, 0.6) is 0 Å². The average Bonchev–Trinajstić information content (AvgIpc) is 2.51. The predicted octanol–water partition coefficient (Wildman–Crippen LogP) is 1.83. The van der Waals surface area contributed by atoms with Gasteiger partial charge in [0.05, 0.1) is 11.8 Å². The summed E-state index contributed by atoms with van der Waals surface area (Å²) in [7, 11) is 0. The number of hydrogen-bond acceptors (Lipinski definition) is 3. The molecule has 0 N–H and O–H groups in total. The van der Waals surface area contributed by atoms with Crippen molar-refractivity contribution in [2.75, 3.05) is 0 Å². The molecule has 0 aromatic carbocycles. The third kappa shape index (κ3) is 2.34. The van der Waals surface area contributed by atoms with Crippen molar-refractivity contribution < 1.29 is 14.0 Å². The summed E-state index contributed by atoms with van der Waals surface area (Å²) in [6.07, 6.45) is 3.42. The zero-order chi connectivity index (χ0) is 8.97. The molecule has 12 heavy (non-hydrogen) atoms. The molecule has 1 rings (SSSR count). The zero-order valence-electron chi connectivity index (χ0n) is 6.87. The van der Waals surface area contributed by atoms with Crippen molar-refractivity contribution in [3.63, 3.8) is 0 Å². The first-order valence-electron chi connectivity index (χ1n) is 3.75. The standard InChI is InChI=1S/C9H10O3/c1-7(10)2-3-9(11)8-4-5-12-6-8/h4-6H,2-3H2,1H3. The van der Waals surface area contributed by atoms with E-state index in [1.54, 1.807) is 6.07 Å². The summed E-state index contributed by atoms with van der Waals surface area (Å²) < 4.78 is 4.74. The van der Waals surface area contributed by atoms with Crippen LogP contribution in [0, 0.1) is 0 Å². The maximum absolute atomic E-state index is 11.2. The molecule has 64 valence electrons. The molecule has 0 atom stereocenters. The highest BCUT2D eigenvalue weighted by atomic mass is 16.3. The van der Waals surface area contributed by atoms with Gasteiger partial charge in [-0.05, 0) is 13.0 Å². The minimum absolute atomic E-state index is 0.0341. The van der Waals surface area contributed by atoms with E-state index in [0.717, 1.165) is 0 Å². The first kappa shape index (κ1) is 8.71. The van der Waals surface area contributed by atoms with Crippen LogP contribution in [0.2, 0.25) is 0 Å². The smallest absolute Gasteiger partial charge is 0.166 e. The van der Waals surface area contributed by atoms with Crippen LogP contribution in [-0.2, 0) is 4.79 Å². The molecular formula is C9H10O3. The van der Waals surface area contributed by atoms with Gasteiger partial charge in [-0.3, -0.25) is 4.79 Å². The molecule has 0 amide bonds. The number of hydrogen-bond donors (Lipinski definition) is 0. The Hall–Kier alpha value is -1.38. The molecule has 3 nitrogen and oxygen atoms in total. The lowest BCUT2D eigenvalue weighted by atomic mass is 10.1. The van der Waals surface area contributed by atoms with Crippen molar-refractivity contribution in [1.29, 1.82) is 0 Å². The van der Waals surface area contributed by atoms with E-state index >= 15 is 0 Å². The number of carbonyl (C=O) groups excluding carboxylic acids is 2. The lowest BCUT2D eigenvalue weighted by molar-refractivity contribution is -0.116. The summed E-state index contributed by atoms with van der Waals surface area (Å²) in [4.78, 5) is 21.7. The summed E-state index contributed by atoms with van der Waals surface area (Å²) in [5, 5.41) is 0. The van der Waals surface area contributed by atoms with Crippen LogP contribution in [0.15, 0.2) is 23.0 Å². The van der Waals surface area contributed by atoms with E-state index in [0.29, 0.717) is 12.0 Å². The molecule has 0 aliphatic rings. The lowest BCUT2D eigenvalue weighted by Crippen LogP contribution is -2.00. The molecule has 0 aliphatic heterocycles. The quantitative estimate of drug-likeness (QED) is 0.641. The van der Waals surface area contributed by atoms with Gasteiger partial charge in [0.15, 0.2) is 5.78 Å². The van der Waals surface area contributed by atoms with Gasteiger partial charge < -0.3 is 9.21 Å². The van der Waals surface area contributed by atoms with Crippen LogP contribution < -0.4 is 0 Å². The van der Waals surface area contributed by atoms with E-state index in [2.05, 4.69) is 0 Å². The summed E-state index contributed by atoms with van der Waals surface area (Å²) >= 11 is 0. The number of Topliss-reactive ketones (excluding diaryl/α,β-unsaturated/α-hetero) is 2. The lowest BCUT2D eigenvalue weighted by Gasteiger charge is -1.92. The summed E-state index contributed by atoms with van der Waals surface area (Å²) in [5.74, 6) is -0.00852. The molecule has 1 aromatic rings. The Morgan fingerprint density at radius 3 is 2.67 bits per heavy atom. The van der Waals surface area contributed by atoms with Gasteiger partial charge in [-0.2, -0.15) is 0 Å². The topological polar surface area (TPSA) is 47.3 Å². The molecule has 3 heteroatoms. The Morgan fingerprint density at radius 1 is 1.42 bits per heavy atom. The van der Waals surface area contributed by atoms with Gasteiger partial charge in [0.1, 0.15) is 12.0 Å². The van der Waals surface area contributed by atoms with Crippen molar-refractivity contribution >= 4 is 11.6 Å². The Kier molecular flexibility index (Phi) is 2.80. The van der Waals surface area contributed by atoms with Crippen molar-refractivity contribution in [3.8, 4) is 0 Å². The number of rotatable bonds is 4. The highest BCUT2D eigenvalue weighted by Crippen LogP contribution is 2.05. The molecule has 0 aliphatic carbocycles. The van der Waals surface area contributed by atoms with Crippen molar-refractivity contribution in [2.45, 2.75) is 19.8 Å². The van der Waals surface area contributed by atoms with Crippen LogP contribution in [0.1, 0.15) is 30.1 Å². The van der Waals surface area contributed by atoms with Crippen molar-refractivity contribution in [3.05, 3.63) is 24.2 Å². The van der Waals surface area contributed by atoms with Crippen LogP contribution in [0.25, 0.3) is 0 Å². The second-order valence-electron chi connectivity index (χ2n) is 2.64. The van der Waals surface area contributed by atoms with Crippen molar-refractivity contribution in [2.24, 2.45) is 0 Å². The summed E-state index contributed by atoms with van der Waals surface area (Å²) in [6.45, 7) is 1.47. The normalized spacial score (nSPS) is 9.75. The van der Waals surface area contributed by atoms with E-state index in [-0.39, 0.29) is 18.0 Å². The highest BCUT2D eigenvalue weighted by Gasteiger charge is 2.07. The SMILES string of the molecule is CC(=O)CCC(=O)c1ccoc1. The fourth-order valence-corrected chi connectivity index (χ4v) is 0.857. The Bertz CT molecular complexity index is 272. The number of ketones is 2. The zero-order valence-corrected chi connectivity index (χ0v) is 6.87. The minimum atomic E-state index is -0.0426. The Morgan fingerprint density at radius 2 is 2.17 bits per heavy atom. The van der Waals surface area contributed by atoms with Crippen LogP contribution in [0.3, 0.4) is 0 Å². The second kappa shape index (κ2) is 3.85. The second-order valence-corrected chi connectivity index (χ2v) is 2.64. The predicted molar refractivity (Wildman–Crippen MR) is 43.0 cm³/mol. The van der Waals surface area contributed by atoms with E-state index in [4.69, 9.17) is 4.42 Å². The average molecular weight is 166 g/mol. The minimum Gasteiger partial charge on any atom is -0.472 e. The largest absolute Gasteiger partial charge is 0.472 e. The fourth-order valence-electron chi connectivity index (χ4n) is 0.857.